The summed E-state index contributed by atoms with van der Waals surface area (Å²) >= 11 is 0. The van der Waals surface area contributed by atoms with Gasteiger partial charge in [0.1, 0.15) is 18.2 Å². The fraction of sp³-hybridized carbons (Fsp3) is 0.484. The molecule has 1 aliphatic heterocycles. The quantitative estimate of drug-likeness (QED) is 0.322. The minimum absolute atomic E-state index is 0.0318. The van der Waals surface area contributed by atoms with Crippen LogP contribution in [0, 0.1) is 5.92 Å². The van der Waals surface area contributed by atoms with Crippen molar-refractivity contribution in [3.8, 4) is 0 Å². The highest BCUT2D eigenvalue weighted by Crippen LogP contribution is 2.19. The Balaban J connectivity index is 1.73. The highest BCUT2D eigenvalue weighted by molar-refractivity contribution is 5.88. The number of esters is 1. The Morgan fingerprint density at radius 2 is 1.46 bits per heavy atom. The number of alkyl carbamates (subject to hydrolysis) is 1. The Morgan fingerprint density at radius 3 is 2.05 bits per heavy atom. The van der Waals surface area contributed by atoms with Crippen molar-refractivity contribution in [2.24, 2.45) is 5.92 Å². The van der Waals surface area contributed by atoms with Gasteiger partial charge >= 0.3 is 18.2 Å². The molecule has 1 saturated heterocycles. The third-order valence-corrected chi connectivity index (χ3v) is 6.19. The van der Waals surface area contributed by atoms with Gasteiger partial charge in [0.15, 0.2) is 0 Å². The number of nitrogens with one attached hydrogen (secondary N) is 1. The smallest absolute Gasteiger partial charge is 0.429 e. The average molecular weight is 568 g/mol. The number of hydrogen-bond donors (Lipinski definition) is 1. The summed E-state index contributed by atoms with van der Waals surface area (Å²) in [6.45, 7) is 9.60. The molecule has 1 heterocycles. The molecule has 10 nitrogen and oxygen atoms in total. The highest BCUT2D eigenvalue weighted by Gasteiger charge is 2.38. The fourth-order valence-corrected chi connectivity index (χ4v) is 4.36. The van der Waals surface area contributed by atoms with Crippen LogP contribution in [0.4, 0.5) is 9.59 Å². The van der Waals surface area contributed by atoms with E-state index >= 15 is 0 Å². The fourth-order valence-electron chi connectivity index (χ4n) is 4.36. The molecule has 2 atom stereocenters. The van der Waals surface area contributed by atoms with E-state index in [2.05, 4.69) is 5.32 Å². The summed E-state index contributed by atoms with van der Waals surface area (Å²) in [5.41, 5.74) is 0.854. The van der Waals surface area contributed by atoms with Gasteiger partial charge in [0, 0.05) is 19.5 Å². The summed E-state index contributed by atoms with van der Waals surface area (Å²) in [4.78, 5) is 52.5. The van der Waals surface area contributed by atoms with Crippen LogP contribution < -0.4 is 5.32 Å². The van der Waals surface area contributed by atoms with Gasteiger partial charge in [0.25, 0.3) is 5.91 Å². The molecule has 0 unspecified atom stereocenters. The number of rotatable bonds is 10. The predicted molar refractivity (Wildman–Crippen MR) is 152 cm³/mol. The van der Waals surface area contributed by atoms with E-state index in [9.17, 15) is 19.2 Å². The molecule has 0 radical (unpaired) electrons. The number of amides is 3. The normalized spacial score (nSPS) is 14.8. The SMILES string of the molecule is CC(C)C[C@H](NC(=O)OC(C)(C)C)C(=O)N1CCCN1C(=O)O[C@@H](Cc1ccccc1)C(=O)OCc1ccccc1. The molecule has 1 aliphatic rings. The Kier molecular flexibility index (Phi) is 11.1. The van der Waals surface area contributed by atoms with Crippen LogP contribution in [0.3, 0.4) is 0 Å². The lowest BCUT2D eigenvalue weighted by atomic mass is 10.0. The third kappa shape index (κ3) is 10.1. The predicted octanol–water partition coefficient (Wildman–Crippen LogP) is 4.87. The second-order valence-corrected chi connectivity index (χ2v) is 11.4. The first-order chi connectivity index (χ1) is 19.4. The van der Waals surface area contributed by atoms with Crippen molar-refractivity contribution in [1.82, 2.24) is 15.3 Å². The Labute approximate surface area is 241 Å². The number of carbonyl (C=O) groups excluding carboxylic acids is 4. The standard InChI is InChI=1S/C31H41N3O7/c1-22(2)19-25(32-29(37)41-31(3,4)5)27(35)33-17-12-18-34(33)30(38)40-26(20-23-13-8-6-9-14-23)28(36)39-21-24-15-10-7-11-16-24/h6-11,13-16,22,25-26H,12,17-21H2,1-5H3,(H,32,37)/t25-,26-/m0/s1. The summed E-state index contributed by atoms with van der Waals surface area (Å²) in [5, 5.41) is 5.13. The van der Waals surface area contributed by atoms with Crippen LogP contribution in [0.25, 0.3) is 0 Å². The summed E-state index contributed by atoms with van der Waals surface area (Å²) in [6, 6.07) is 17.5. The van der Waals surface area contributed by atoms with Gasteiger partial charge in [-0.3, -0.25) is 4.79 Å². The van der Waals surface area contributed by atoms with Crippen molar-refractivity contribution >= 4 is 24.1 Å². The zero-order chi connectivity index (χ0) is 30.0. The van der Waals surface area contributed by atoms with Crippen molar-refractivity contribution in [3.63, 3.8) is 0 Å². The number of benzene rings is 2. The lowest BCUT2D eigenvalue weighted by Gasteiger charge is -2.32. The summed E-state index contributed by atoms with van der Waals surface area (Å²) in [7, 11) is 0. The van der Waals surface area contributed by atoms with Crippen molar-refractivity contribution in [1.29, 1.82) is 0 Å². The molecule has 0 spiro atoms. The van der Waals surface area contributed by atoms with E-state index in [-0.39, 0.29) is 32.0 Å². The van der Waals surface area contributed by atoms with E-state index in [1.165, 1.54) is 10.0 Å². The van der Waals surface area contributed by atoms with Crippen LogP contribution >= 0.6 is 0 Å². The molecule has 3 rings (SSSR count). The summed E-state index contributed by atoms with van der Waals surface area (Å²) in [5.74, 6) is -1.06. The number of hydrazine groups is 1. The van der Waals surface area contributed by atoms with Crippen LogP contribution in [-0.4, -0.2) is 64.9 Å². The minimum atomic E-state index is -1.22. The van der Waals surface area contributed by atoms with Gasteiger partial charge in [-0.2, -0.15) is 0 Å². The lowest BCUT2D eigenvalue weighted by molar-refractivity contribution is -0.157. The summed E-state index contributed by atoms with van der Waals surface area (Å²) < 4.78 is 16.5. The molecule has 0 aromatic heterocycles. The van der Waals surface area contributed by atoms with Crippen LogP contribution in [-0.2, 0) is 36.8 Å². The van der Waals surface area contributed by atoms with E-state index in [4.69, 9.17) is 14.2 Å². The van der Waals surface area contributed by atoms with Crippen LogP contribution in [0.1, 0.15) is 58.6 Å². The first-order valence-electron chi connectivity index (χ1n) is 14.0. The number of hydrogen-bond acceptors (Lipinski definition) is 7. The highest BCUT2D eigenvalue weighted by atomic mass is 16.6. The Morgan fingerprint density at radius 1 is 0.878 bits per heavy atom. The average Bonchev–Trinajstić information content (AvgIpc) is 3.40. The molecule has 10 heteroatoms. The largest absolute Gasteiger partial charge is 0.458 e. The number of carbonyl (C=O) groups is 4. The molecule has 2 aromatic carbocycles. The molecule has 0 aliphatic carbocycles. The van der Waals surface area contributed by atoms with Crippen molar-refractivity contribution in [2.75, 3.05) is 13.1 Å². The molecule has 0 saturated carbocycles. The topological polar surface area (TPSA) is 114 Å². The molecular formula is C31H41N3O7. The van der Waals surface area contributed by atoms with E-state index in [1.54, 1.807) is 20.8 Å². The number of nitrogens with zero attached hydrogens (tertiary/aromatic N) is 2. The molecule has 3 amide bonds. The van der Waals surface area contributed by atoms with Gasteiger partial charge in [0.05, 0.1) is 0 Å². The van der Waals surface area contributed by atoms with Crippen molar-refractivity contribution in [3.05, 3.63) is 71.8 Å². The van der Waals surface area contributed by atoms with E-state index in [0.717, 1.165) is 11.1 Å². The van der Waals surface area contributed by atoms with Gasteiger partial charge in [-0.15, -0.1) is 0 Å². The lowest BCUT2D eigenvalue weighted by Crippen LogP contribution is -2.55. The first kappa shape index (κ1) is 31.4. The minimum Gasteiger partial charge on any atom is -0.458 e. The maximum Gasteiger partial charge on any atom is 0.429 e. The van der Waals surface area contributed by atoms with Gasteiger partial charge < -0.3 is 19.5 Å². The molecule has 222 valence electrons. The molecule has 2 aromatic rings. The van der Waals surface area contributed by atoms with Gasteiger partial charge in [-0.1, -0.05) is 74.5 Å². The van der Waals surface area contributed by atoms with Crippen LogP contribution in [0.5, 0.6) is 0 Å². The number of ether oxygens (including phenoxy) is 3. The zero-order valence-corrected chi connectivity index (χ0v) is 24.5. The van der Waals surface area contributed by atoms with Gasteiger partial charge in [-0.25, -0.2) is 24.4 Å². The van der Waals surface area contributed by atoms with E-state index in [1.807, 2.05) is 74.5 Å². The first-order valence-corrected chi connectivity index (χ1v) is 14.0. The third-order valence-electron chi connectivity index (χ3n) is 6.19. The van der Waals surface area contributed by atoms with Crippen molar-refractivity contribution < 1.29 is 33.4 Å². The Hall–Kier alpha value is -4.08. The molecule has 1 N–H and O–H groups in total. The van der Waals surface area contributed by atoms with E-state index < -0.39 is 41.8 Å². The zero-order valence-electron chi connectivity index (χ0n) is 24.5. The van der Waals surface area contributed by atoms with Crippen LogP contribution in [0.2, 0.25) is 0 Å². The summed E-state index contributed by atoms with van der Waals surface area (Å²) in [6.07, 6.45) is -1.80. The maximum atomic E-state index is 13.6. The molecule has 41 heavy (non-hydrogen) atoms. The van der Waals surface area contributed by atoms with Crippen molar-refractivity contribution in [2.45, 2.75) is 78.2 Å². The monoisotopic (exact) mass is 567 g/mol. The molecule has 0 bridgehead atoms. The molecular weight excluding hydrogens is 526 g/mol. The van der Waals surface area contributed by atoms with Gasteiger partial charge in [-0.05, 0) is 50.7 Å². The Bertz CT molecular complexity index is 1170. The molecule has 1 fully saturated rings. The van der Waals surface area contributed by atoms with Gasteiger partial charge in [0.2, 0.25) is 6.10 Å². The maximum absolute atomic E-state index is 13.6. The van der Waals surface area contributed by atoms with Crippen LogP contribution in [0.15, 0.2) is 60.7 Å². The van der Waals surface area contributed by atoms with E-state index in [0.29, 0.717) is 12.8 Å². The second-order valence-electron chi connectivity index (χ2n) is 11.4. The second kappa shape index (κ2) is 14.5.